The molecule has 1 aliphatic rings. The molecule has 6 heteroatoms. The Labute approximate surface area is 130 Å². The molecule has 0 spiro atoms. The maximum atomic E-state index is 12.5. The Morgan fingerprint density at radius 1 is 1.32 bits per heavy atom. The van der Waals surface area contributed by atoms with Gasteiger partial charge in [-0.3, -0.25) is 9.59 Å². The Balaban J connectivity index is 2.09. The van der Waals surface area contributed by atoms with E-state index >= 15 is 0 Å². The van der Waals surface area contributed by atoms with Crippen LogP contribution in [-0.2, 0) is 9.59 Å². The first kappa shape index (κ1) is 16.1. The van der Waals surface area contributed by atoms with Gasteiger partial charge in [-0.2, -0.15) is 0 Å². The Morgan fingerprint density at radius 3 is 2.55 bits per heavy atom. The number of methoxy groups -OCH3 is 1. The van der Waals surface area contributed by atoms with E-state index in [1.54, 1.807) is 18.2 Å². The molecular formula is C16H23N3O3. The third-order valence-electron chi connectivity index (χ3n) is 4.01. The van der Waals surface area contributed by atoms with Crippen LogP contribution in [0, 0.1) is 5.92 Å². The zero-order valence-corrected chi connectivity index (χ0v) is 13.0. The molecule has 2 amide bonds. The SMILES string of the molecule is COc1ccc(NC(=O)C(NC(C)=O)C2CCCC2)cc1N. The van der Waals surface area contributed by atoms with Gasteiger partial charge in [-0.05, 0) is 37.0 Å². The fourth-order valence-corrected chi connectivity index (χ4v) is 2.94. The van der Waals surface area contributed by atoms with Crippen LogP contribution in [0.3, 0.4) is 0 Å². The second-order valence-corrected chi connectivity index (χ2v) is 5.67. The Hall–Kier alpha value is -2.24. The summed E-state index contributed by atoms with van der Waals surface area (Å²) in [4.78, 5) is 23.9. The van der Waals surface area contributed by atoms with Crippen molar-refractivity contribution in [1.29, 1.82) is 0 Å². The third-order valence-corrected chi connectivity index (χ3v) is 4.01. The summed E-state index contributed by atoms with van der Waals surface area (Å²) < 4.78 is 5.09. The van der Waals surface area contributed by atoms with E-state index in [1.165, 1.54) is 14.0 Å². The van der Waals surface area contributed by atoms with Gasteiger partial charge < -0.3 is 21.1 Å². The van der Waals surface area contributed by atoms with Crippen molar-refractivity contribution in [2.24, 2.45) is 5.92 Å². The van der Waals surface area contributed by atoms with Crippen LogP contribution in [0.1, 0.15) is 32.6 Å². The van der Waals surface area contributed by atoms with Crippen LogP contribution in [0.5, 0.6) is 5.75 Å². The average molecular weight is 305 g/mol. The minimum Gasteiger partial charge on any atom is -0.495 e. The Morgan fingerprint density at radius 2 is 2.00 bits per heavy atom. The molecule has 1 aromatic rings. The lowest BCUT2D eigenvalue weighted by molar-refractivity contribution is -0.126. The van der Waals surface area contributed by atoms with Crippen molar-refractivity contribution in [3.8, 4) is 5.75 Å². The van der Waals surface area contributed by atoms with E-state index in [2.05, 4.69) is 10.6 Å². The molecule has 120 valence electrons. The quantitative estimate of drug-likeness (QED) is 0.724. The van der Waals surface area contributed by atoms with Crippen LogP contribution in [-0.4, -0.2) is 25.0 Å². The largest absolute Gasteiger partial charge is 0.495 e. The third kappa shape index (κ3) is 3.90. The number of hydrogen-bond acceptors (Lipinski definition) is 4. The molecule has 4 N–H and O–H groups in total. The van der Waals surface area contributed by atoms with Crippen LogP contribution in [0.25, 0.3) is 0 Å². The van der Waals surface area contributed by atoms with E-state index in [1.807, 2.05) is 0 Å². The fraction of sp³-hybridized carbons (Fsp3) is 0.500. The van der Waals surface area contributed by atoms with E-state index in [0.717, 1.165) is 25.7 Å². The van der Waals surface area contributed by atoms with Crippen molar-refractivity contribution in [2.75, 3.05) is 18.2 Å². The molecule has 0 aliphatic heterocycles. The van der Waals surface area contributed by atoms with Crippen molar-refractivity contribution in [2.45, 2.75) is 38.6 Å². The standard InChI is InChI=1S/C16H23N3O3/c1-10(20)18-15(11-5-3-4-6-11)16(21)19-12-7-8-14(22-2)13(17)9-12/h7-9,11,15H,3-6,17H2,1-2H3,(H,18,20)(H,19,21). The van der Waals surface area contributed by atoms with Crippen molar-refractivity contribution >= 4 is 23.2 Å². The van der Waals surface area contributed by atoms with Gasteiger partial charge in [-0.25, -0.2) is 0 Å². The number of nitrogens with one attached hydrogen (secondary N) is 2. The molecular weight excluding hydrogens is 282 g/mol. The highest BCUT2D eigenvalue weighted by Gasteiger charge is 2.31. The minimum atomic E-state index is -0.497. The number of amides is 2. The summed E-state index contributed by atoms with van der Waals surface area (Å²) in [5, 5.41) is 5.60. The molecule has 0 aromatic heterocycles. The number of hydrogen-bond donors (Lipinski definition) is 3. The first-order valence-electron chi connectivity index (χ1n) is 7.52. The van der Waals surface area contributed by atoms with Gasteiger partial charge in [0, 0.05) is 12.6 Å². The molecule has 22 heavy (non-hydrogen) atoms. The van der Waals surface area contributed by atoms with Gasteiger partial charge in [0.2, 0.25) is 11.8 Å². The number of benzene rings is 1. The van der Waals surface area contributed by atoms with Gasteiger partial charge in [-0.15, -0.1) is 0 Å². The van der Waals surface area contributed by atoms with Gasteiger partial charge in [0.1, 0.15) is 11.8 Å². The van der Waals surface area contributed by atoms with E-state index in [9.17, 15) is 9.59 Å². The van der Waals surface area contributed by atoms with Gasteiger partial charge in [0.05, 0.1) is 12.8 Å². The van der Waals surface area contributed by atoms with Crippen molar-refractivity contribution in [3.05, 3.63) is 18.2 Å². The molecule has 0 heterocycles. The highest BCUT2D eigenvalue weighted by molar-refractivity contribution is 5.97. The lowest BCUT2D eigenvalue weighted by Crippen LogP contribution is -2.47. The lowest BCUT2D eigenvalue weighted by Gasteiger charge is -2.23. The molecule has 1 atom stereocenters. The normalized spacial score (nSPS) is 16.1. The summed E-state index contributed by atoms with van der Waals surface area (Å²) in [6.45, 7) is 1.43. The number of rotatable bonds is 5. The highest BCUT2D eigenvalue weighted by atomic mass is 16.5. The van der Waals surface area contributed by atoms with Crippen LogP contribution in [0.4, 0.5) is 11.4 Å². The topological polar surface area (TPSA) is 93.5 Å². The summed E-state index contributed by atoms with van der Waals surface area (Å²) in [6, 6.07) is 4.58. The monoisotopic (exact) mass is 305 g/mol. The molecule has 1 unspecified atom stereocenters. The smallest absolute Gasteiger partial charge is 0.247 e. The number of nitrogens with two attached hydrogens (primary N) is 1. The molecule has 1 aliphatic carbocycles. The summed E-state index contributed by atoms with van der Waals surface area (Å²) in [7, 11) is 1.54. The molecule has 6 nitrogen and oxygen atoms in total. The zero-order valence-electron chi connectivity index (χ0n) is 13.0. The average Bonchev–Trinajstić information content (AvgIpc) is 2.98. The molecule has 1 saturated carbocycles. The van der Waals surface area contributed by atoms with E-state index in [4.69, 9.17) is 10.5 Å². The second kappa shape index (κ2) is 7.15. The Kier molecular flexibility index (Phi) is 5.25. The molecule has 1 aromatic carbocycles. The number of carbonyl (C=O) groups is 2. The first-order valence-corrected chi connectivity index (χ1v) is 7.52. The van der Waals surface area contributed by atoms with Crippen LogP contribution >= 0.6 is 0 Å². The predicted octanol–water partition coefficient (Wildman–Crippen LogP) is 1.91. The second-order valence-electron chi connectivity index (χ2n) is 5.67. The molecule has 0 radical (unpaired) electrons. The maximum Gasteiger partial charge on any atom is 0.247 e. The highest BCUT2D eigenvalue weighted by Crippen LogP contribution is 2.29. The van der Waals surface area contributed by atoms with Crippen LogP contribution < -0.4 is 21.1 Å². The van der Waals surface area contributed by atoms with Crippen molar-refractivity contribution < 1.29 is 14.3 Å². The van der Waals surface area contributed by atoms with E-state index in [-0.39, 0.29) is 17.7 Å². The molecule has 0 bridgehead atoms. The van der Waals surface area contributed by atoms with Crippen molar-refractivity contribution in [1.82, 2.24) is 5.32 Å². The summed E-state index contributed by atoms with van der Waals surface area (Å²) in [5.74, 6) is 0.361. The summed E-state index contributed by atoms with van der Waals surface area (Å²) in [6.07, 6.45) is 4.12. The van der Waals surface area contributed by atoms with E-state index < -0.39 is 6.04 Å². The van der Waals surface area contributed by atoms with Crippen molar-refractivity contribution in [3.63, 3.8) is 0 Å². The van der Waals surface area contributed by atoms with Gasteiger partial charge in [0.15, 0.2) is 0 Å². The van der Waals surface area contributed by atoms with Gasteiger partial charge in [-0.1, -0.05) is 12.8 Å². The summed E-state index contributed by atoms with van der Waals surface area (Å²) >= 11 is 0. The number of anilines is 2. The fourth-order valence-electron chi connectivity index (χ4n) is 2.94. The van der Waals surface area contributed by atoms with Crippen LogP contribution in [0.15, 0.2) is 18.2 Å². The summed E-state index contributed by atoms with van der Waals surface area (Å²) in [5.41, 5.74) is 6.89. The predicted molar refractivity (Wildman–Crippen MR) is 85.6 cm³/mol. The minimum absolute atomic E-state index is 0.193. The number of ether oxygens (including phenoxy) is 1. The maximum absolute atomic E-state index is 12.5. The first-order chi connectivity index (χ1) is 10.5. The number of nitrogen functional groups attached to an aromatic ring is 1. The van der Waals surface area contributed by atoms with Crippen LogP contribution in [0.2, 0.25) is 0 Å². The van der Waals surface area contributed by atoms with Gasteiger partial charge >= 0.3 is 0 Å². The molecule has 0 saturated heterocycles. The lowest BCUT2D eigenvalue weighted by atomic mass is 9.97. The van der Waals surface area contributed by atoms with E-state index in [0.29, 0.717) is 17.1 Å². The Bertz CT molecular complexity index is 554. The zero-order chi connectivity index (χ0) is 16.1. The van der Waals surface area contributed by atoms with Gasteiger partial charge in [0.25, 0.3) is 0 Å². The molecule has 1 fully saturated rings. The number of carbonyl (C=O) groups excluding carboxylic acids is 2. The molecule has 2 rings (SSSR count).